The van der Waals surface area contributed by atoms with Gasteiger partial charge in [0.1, 0.15) is 17.4 Å². The molecule has 47 heavy (non-hydrogen) atoms. The number of piperazine rings is 1. The molecule has 0 spiro atoms. The second kappa shape index (κ2) is 13.4. The lowest BCUT2D eigenvalue weighted by atomic mass is 10.1. The SMILES string of the molecule is COc1cc(N2CCN(C(C)=O)CC2)ccc1N1C(=O)N(c2c(C)cccc2C)Cc2cnc(Cc3cnn(CCN(C)C)c3)nc21. The van der Waals surface area contributed by atoms with Crippen molar-refractivity contribution in [3.63, 3.8) is 0 Å². The van der Waals surface area contributed by atoms with E-state index in [4.69, 9.17) is 14.7 Å². The third-order valence-electron chi connectivity index (χ3n) is 8.88. The van der Waals surface area contributed by atoms with E-state index in [2.05, 4.69) is 14.9 Å². The normalized spacial score (nSPS) is 15.0. The number of hydrogen-bond donors (Lipinski definition) is 0. The zero-order valence-electron chi connectivity index (χ0n) is 28.1. The molecule has 3 amide bonds. The molecule has 0 aliphatic carbocycles. The molecule has 12 nitrogen and oxygen atoms in total. The Morgan fingerprint density at radius 1 is 1.02 bits per heavy atom. The van der Waals surface area contributed by atoms with Crippen molar-refractivity contribution < 1.29 is 14.3 Å². The molecule has 2 aliphatic heterocycles. The molecular formula is C35H43N9O3. The highest BCUT2D eigenvalue weighted by atomic mass is 16.5. The summed E-state index contributed by atoms with van der Waals surface area (Å²) in [6.45, 7) is 10.4. The van der Waals surface area contributed by atoms with E-state index in [9.17, 15) is 9.59 Å². The van der Waals surface area contributed by atoms with Gasteiger partial charge in [-0.3, -0.25) is 14.4 Å². The fourth-order valence-electron chi connectivity index (χ4n) is 6.33. The Kier molecular flexibility index (Phi) is 9.12. The van der Waals surface area contributed by atoms with Crippen molar-refractivity contribution in [3.05, 3.63) is 83.1 Å². The maximum Gasteiger partial charge on any atom is 0.335 e. The maximum absolute atomic E-state index is 14.6. The topological polar surface area (TPSA) is 103 Å². The van der Waals surface area contributed by atoms with E-state index in [0.29, 0.717) is 49.1 Å². The fraction of sp³-hybridized carbons (Fsp3) is 0.400. The Hall–Kier alpha value is -4.97. The minimum atomic E-state index is -0.211. The first kappa shape index (κ1) is 32.0. The molecule has 1 fully saturated rings. The van der Waals surface area contributed by atoms with Crippen LogP contribution in [0.25, 0.3) is 0 Å². The summed E-state index contributed by atoms with van der Waals surface area (Å²) >= 11 is 0. The van der Waals surface area contributed by atoms with Crippen LogP contribution in [-0.2, 0) is 24.3 Å². The second-order valence-corrected chi connectivity index (χ2v) is 12.5. The fourth-order valence-corrected chi connectivity index (χ4v) is 6.33. The number of nitrogens with zero attached hydrogens (tertiary/aromatic N) is 9. The predicted molar refractivity (Wildman–Crippen MR) is 183 cm³/mol. The highest BCUT2D eigenvalue weighted by Gasteiger charge is 2.37. The number of fused-ring (bicyclic) bond motifs is 1. The number of aromatic nitrogens is 4. The zero-order valence-corrected chi connectivity index (χ0v) is 28.1. The van der Waals surface area contributed by atoms with Crippen LogP contribution in [0.5, 0.6) is 5.75 Å². The van der Waals surface area contributed by atoms with Crippen LogP contribution in [-0.4, -0.2) is 95.4 Å². The van der Waals surface area contributed by atoms with E-state index in [-0.39, 0.29) is 11.9 Å². The summed E-state index contributed by atoms with van der Waals surface area (Å²) in [4.78, 5) is 45.9. The number of rotatable bonds is 9. The van der Waals surface area contributed by atoms with Crippen LogP contribution >= 0.6 is 0 Å². The molecule has 0 N–H and O–H groups in total. The van der Waals surface area contributed by atoms with E-state index < -0.39 is 0 Å². The highest BCUT2D eigenvalue weighted by Crippen LogP contribution is 2.42. The average Bonchev–Trinajstić information content (AvgIpc) is 3.51. The molecule has 0 saturated carbocycles. The van der Waals surface area contributed by atoms with Gasteiger partial charge in [0.05, 0.1) is 37.8 Å². The number of methoxy groups -OCH3 is 1. The highest BCUT2D eigenvalue weighted by molar-refractivity contribution is 6.11. The van der Waals surface area contributed by atoms with Gasteiger partial charge in [0.2, 0.25) is 5.91 Å². The molecule has 12 heteroatoms. The number of urea groups is 1. The number of para-hydroxylation sites is 1. The Morgan fingerprint density at radius 2 is 1.77 bits per heavy atom. The summed E-state index contributed by atoms with van der Waals surface area (Å²) in [5, 5.41) is 4.51. The lowest BCUT2D eigenvalue weighted by Crippen LogP contribution is -2.48. The molecule has 0 atom stereocenters. The van der Waals surface area contributed by atoms with Gasteiger partial charge in [0.25, 0.3) is 0 Å². The van der Waals surface area contributed by atoms with E-state index in [1.807, 2.05) is 92.5 Å². The molecule has 0 radical (unpaired) electrons. The first-order chi connectivity index (χ1) is 22.6. The van der Waals surface area contributed by atoms with Crippen LogP contribution < -0.4 is 19.4 Å². The molecule has 0 bridgehead atoms. The van der Waals surface area contributed by atoms with Gasteiger partial charge >= 0.3 is 6.03 Å². The molecule has 6 rings (SSSR count). The van der Waals surface area contributed by atoms with Gasteiger partial charge in [-0.2, -0.15) is 5.10 Å². The van der Waals surface area contributed by atoms with E-state index in [1.54, 1.807) is 23.8 Å². The third-order valence-corrected chi connectivity index (χ3v) is 8.88. The molecule has 0 unspecified atom stereocenters. The Morgan fingerprint density at radius 3 is 2.45 bits per heavy atom. The van der Waals surface area contributed by atoms with Crippen molar-refractivity contribution in [2.45, 2.75) is 40.3 Å². The average molecular weight is 638 g/mol. The third kappa shape index (κ3) is 6.64. The largest absolute Gasteiger partial charge is 0.494 e. The van der Waals surface area contributed by atoms with Crippen LogP contribution in [0.1, 0.15) is 35.0 Å². The summed E-state index contributed by atoms with van der Waals surface area (Å²) < 4.78 is 7.88. The van der Waals surface area contributed by atoms with Gasteiger partial charge in [0, 0.05) is 75.8 Å². The van der Waals surface area contributed by atoms with E-state index in [0.717, 1.165) is 59.8 Å². The van der Waals surface area contributed by atoms with Gasteiger partial charge in [-0.25, -0.2) is 19.7 Å². The van der Waals surface area contributed by atoms with Crippen molar-refractivity contribution in [2.24, 2.45) is 0 Å². The molecular weight excluding hydrogens is 594 g/mol. The molecule has 2 aromatic carbocycles. The number of ether oxygens (including phenoxy) is 1. The van der Waals surface area contributed by atoms with Gasteiger partial charge < -0.3 is 19.4 Å². The first-order valence-corrected chi connectivity index (χ1v) is 16.0. The van der Waals surface area contributed by atoms with Crippen molar-refractivity contribution >= 4 is 34.8 Å². The minimum Gasteiger partial charge on any atom is -0.494 e. The number of aryl methyl sites for hydroxylation is 2. The monoisotopic (exact) mass is 637 g/mol. The molecule has 2 aliphatic rings. The summed E-state index contributed by atoms with van der Waals surface area (Å²) in [6, 6.07) is 11.7. The number of likely N-dealkylation sites (N-methyl/N-ethyl adjacent to an activating group) is 1. The van der Waals surface area contributed by atoms with Gasteiger partial charge in [-0.15, -0.1) is 0 Å². The van der Waals surface area contributed by atoms with Crippen LogP contribution in [0.4, 0.5) is 27.7 Å². The van der Waals surface area contributed by atoms with Crippen molar-refractivity contribution in [2.75, 3.05) is 68.6 Å². The summed E-state index contributed by atoms with van der Waals surface area (Å²) in [5.74, 6) is 1.80. The quantitative estimate of drug-likeness (QED) is 0.266. The van der Waals surface area contributed by atoms with Crippen LogP contribution in [0, 0.1) is 13.8 Å². The molecule has 246 valence electrons. The van der Waals surface area contributed by atoms with E-state index >= 15 is 0 Å². The number of amides is 3. The first-order valence-electron chi connectivity index (χ1n) is 16.0. The van der Waals surface area contributed by atoms with Crippen LogP contribution in [0.15, 0.2) is 55.0 Å². The van der Waals surface area contributed by atoms with Crippen molar-refractivity contribution in [3.8, 4) is 5.75 Å². The zero-order chi connectivity index (χ0) is 33.2. The Labute approximate surface area is 276 Å². The number of carbonyl (C=O) groups is 2. The Balaban J connectivity index is 1.37. The summed E-state index contributed by atoms with van der Waals surface area (Å²) in [5.41, 5.74) is 6.31. The molecule has 2 aromatic heterocycles. The minimum absolute atomic E-state index is 0.0906. The maximum atomic E-state index is 14.6. The number of carbonyl (C=O) groups excluding carboxylic acids is 2. The molecule has 4 aromatic rings. The number of hydrogen-bond acceptors (Lipinski definition) is 8. The van der Waals surface area contributed by atoms with Gasteiger partial charge in [-0.1, -0.05) is 18.2 Å². The van der Waals surface area contributed by atoms with Gasteiger partial charge in [0.15, 0.2) is 0 Å². The summed E-state index contributed by atoms with van der Waals surface area (Å²) in [7, 11) is 5.70. The standard InChI is InChI=1S/C35H43N9O3/c1-24-8-7-9-25(2)33(24)43-23-28-21-36-32(18-27-20-37-42(22-27)17-12-39(4)5)38-34(28)44(35(43)46)30-11-10-29(19-31(30)47-6)41-15-13-40(14-16-41)26(3)45/h7-11,19-22H,12-18,23H2,1-6H3. The smallest absolute Gasteiger partial charge is 0.335 e. The lowest BCUT2D eigenvalue weighted by molar-refractivity contribution is -0.129. The predicted octanol–water partition coefficient (Wildman–Crippen LogP) is 4.40. The molecule has 1 saturated heterocycles. The number of anilines is 4. The van der Waals surface area contributed by atoms with E-state index in [1.165, 1.54) is 0 Å². The Bertz CT molecular complexity index is 1760. The van der Waals surface area contributed by atoms with Gasteiger partial charge in [-0.05, 0) is 56.8 Å². The van der Waals surface area contributed by atoms with Crippen LogP contribution in [0.3, 0.4) is 0 Å². The summed E-state index contributed by atoms with van der Waals surface area (Å²) in [6.07, 6.45) is 6.20. The molecule has 4 heterocycles. The van der Waals surface area contributed by atoms with Crippen molar-refractivity contribution in [1.29, 1.82) is 0 Å². The lowest BCUT2D eigenvalue weighted by Gasteiger charge is -2.38. The van der Waals surface area contributed by atoms with Crippen molar-refractivity contribution in [1.82, 2.24) is 29.5 Å². The second-order valence-electron chi connectivity index (χ2n) is 12.5. The van der Waals surface area contributed by atoms with Crippen LogP contribution in [0.2, 0.25) is 0 Å². The number of benzene rings is 2.